The Hall–Kier alpha value is -0.450. The normalized spacial score (nSPS) is 32.1. The van der Waals surface area contributed by atoms with E-state index in [1.807, 2.05) is 11.6 Å². The molecule has 4 heteroatoms. The Bertz CT molecular complexity index is 373. The second-order valence-electron chi connectivity index (χ2n) is 5.38. The van der Waals surface area contributed by atoms with Crippen LogP contribution in [0.4, 0.5) is 0 Å². The van der Waals surface area contributed by atoms with Crippen molar-refractivity contribution >= 4 is 11.3 Å². The second kappa shape index (κ2) is 4.34. The molecule has 3 nitrogen and oxygen atoms in total. The number of hydrogen-bond acceptors (Lipinski definition) is 4. The molecule has 1 aliphatic carbocycles. The van der Waals surface area contributed by atoms with Crippen molar-refractivity contribution in [3.8, 4) is 0 Å². The maximum Gasteiger partial charge on any atom is 0.0953 e. The van der Waals surface area contributed by atoms with E-state index in [4.69, 9.17) is 4.74 Å². The quantitative estimate of drug-likeness (QED) is 0.880. The Morgan fingerprint density at radius 3 is 2.82 bits per heavy atom. The summed E-state index contributed by atoms with van der Waals surface area (Å²) in [5.41, 5.74) is -0.453. The van der Waals surface area contributed by atoms with Crippen molar-refractivity contribution in [2.24, 2.45) is 5.41 Å². The van der Waals surface area contributed by atoms with Crippen LogP contribution in [-0.2, 0) is 11.2 Å². The third-order valence-electron chi connectivity index (χ3n) is 4.61. The zero-order valence-electron chi connectivity index (χ0n) is 10.0. The van der Waals surface area contributed by atoms with Crippen LogP contribution in [0.25, 0.3) is 0 Å². The molecule has 0 amide bonds. The predicted octanol–water partition coefficient (Wildman–Crippen LogP) is 2.40. The highest BCUT2D eigenvalue weighted by atomic mass is 32.1. The van der Waals surface area contributed by atoms with Crippen LogP contribution in [0.15, 0.2) is 11.6 Å². The maximum atomic E-state index is 11.0. The van der Waals surface area contributed by atoms with E-state index in [2.05, 4.69) is 4.98 Å². The first-order valence-electron chi connectivity index (χ1n) is 6.43. The molecule has 1 spiro atoms. The highest BCUT2D eigenvalue weighted by Gasteiger charge is 2.54. The standard InChI is InChI=1S/C13H19NO2S/c15-13(10-11-14-6-9-17-11)3-1-2-12(13)4-7-16-8-5-12/h6,9,15H,1-5,7-8,10H2. The first kappa shape index (κ1) is 11.6. The summed E-state index contributed by atoms with van der Waals surface area (Å²) in [5, 5.41) is 14.1. The molecule has 1 aromatic rings. The van der Waals surface area contributed by atoms with Crippen molar-refractivity contribution in [3.05, 3.63) is 16.6 Å². The molecule has 1 saturated heterocycles. The molecule has 1 aromatic heterocycles. The van der Waals surface area contributed by atoms with E-state index in [1.54, 1.807) is 11.3 Å². The van der Waals surface area contributed by atoms with Gasteiger partial charge < -0.3 is 9.84 Å². The smallest absolute Gasteiger partial charge is 0.0953 e. The molecule has 94 valence electrons. The minimum atomic E-state index is -0.547. The molecule has 2 heterocycles. The molecule has 0 aromatic carbocycles. The Labute approximate surface area is 106 Å². The first-order valence-corrected chi connectivity index (χ1v) is 7.31. The average molecular weight is 253 g/mol. The van der Waals surface area contributed by atoms with Crippen LogP contribution in [0.2, 0.25) is 0 Å². The summed E-state index contributed by atoms with van der Waals surface area (Å²) in [7, 11) is 0. The number of hydrogen-bond donors (Lipinski definition) is 1. The zero-order chi connectivity index (χ0) is 11.8. The molecule has 1 atom stereocenters. The Morgan fingerprint density at radius 1 is 1.29 bits per heavy atom. The van der Waals surface area contributed by atoms with Crippen LogP contribution >= 0.6 is 11.3 Å². The second-order valence-corrected chi connectivity index (χ2v) is 6.36. The summed E-state index contributed by atoms with van der Waals surface area (Å²) in [4.78, 5) is 4.33. The van der Waals surface area contributed by atoms with E-state index in [-0.39, 0.29) is 5.41 Å². The lowest BCUT2D eigenvalue weighted by atomic mass is 9.67. The fraction of sp³-hybridized carbons (Fsp3) is 0.769. The van der Waals surface area contributed by atoms with Gasteiger partial charge in [-0.3, -0.25) is 0 Å². The fourth-order valence-electron chi connectivity index (χ4n) is 3.56. The summed E-state index contributed by atoms with van der Waals surface area (Å²) in [6.45, 7) is 1.61. The van der Waals surface area contributed by atoms with Crippen LogP contribution < -0.4 is 0 Å². The summed E-state index contributed by atoms with van der Waals surface area (Å²) >= 11 is 1.65. The zero-order valence-corrected chi connectivity index (χ0v) is 10.8. The van der Waals surface area contributed by atoms with Gasteiger partial charge in [0, 0.05) is 36.6 Å². The average Bonchev–Trinajstić information content (AvgIpc) is 2.91. The SMILES string of the molecule is OC1(Cc2nccs2)CCCC12CCOCC2. The van der Waals surface area contributed by atoms with Crippen molar-refractivity contribution in [1.82, 2.24) is 4.98 Å². The van der Waals surface area contributed by atoms with Crippen molar-refractivity contribution in [1.29, 1.82) is 0 Å². The van der Waals surface area contributed by atoms with Crippen LogP contribution in [0.5, 0.6) is 0 Å². The summed E-state index contributed by atoms with van der Waals surface area (Å²) in [6.07, 6.45) is 7.79. The molecule has 17 heavy (non-hydrogen) atoms. The van der Waals surface area contributed by atoms with Crippen molar-refractivity contribution in [2.75, 3.05) is 13.2 Å². The summed E-state index contributed by atoms with van der Waals surface area (Å²) < 4.78 is 5.46. The molecule has 0 radical (unpaired) electrons. The number of aromatic nitrogens is 1. The van der Waals surface area contributed by atoms with Gasteiger partial charge in [-0.25, -0.2) is 4.98 Å². The molecule has 1 aliphatic heterocycles. The largest absolute Gasteiger partial charge is 0.389 e. The lowest BCUT2D eigenvalue weighted by Gasteiger charge is -2.44. The molecule has 2 fully saturated rings. The molecular formula is C13H19NO2S. The van der Waals surface area contributed by atoms with Gasteiger partial charge in [-0.05, 0) is 32.1 Å². The van der Waals surface area contributed by atoms with E-state index < -0.39 is 5.60 Å². The molecular weight excluding hydrogens is 234 g/mol. The van der Waals surface area contributed by atoms with Gasteiger partial charge in [0.1, 0.15) is 0 Å². The van der Waals surface area contributed by atoms with Crippen molar-refractivity contribution in [2.45, 2.75) is 44.1 Å². The highest BCUT2D eigenvalue weighted by Crippen LogP contribution is 2.54. The van der Waals surface area contributed by atoms with Crippen LogP contribution in [-0.4, -0.2) is 28.9 Å². The third kappa shape index (κ3) is 1.92. The lowest BCUT2D eigenvalue weighted by Crippen LogP contribution is -2.48. The van der Waals surface area contributed by atoms with Gasteiger partial charge in [0.15, 0.2) is 0 Å². The van der Waals surface area contributed by atoms with Gasteiger partial charge in [-0.2, -0.15) is 0 Å². The van der Waals surface area contributed by atoms with E-state index in [9.17, 15) is 5.11 Å². The van der Waals surface area contributed by atoms with Gasteiger partial charge in [0.2, 0.25) is 0 Å². The number of aliphatic hydroxyl groups is 1. The monoisotopic (exact) mass is 253 g/mol. The van der Waals surface area contributed by atoms with Gasteiger partial charge in [0.05, 0.1) is 10.6 Å². The number of thiazole rings is 1. The van der Waals surface area contributed by atoms with Gasteiger partial charge in [-0.1, -0.05) is 0 Å². The maximum absolute atomic E-state index is 11.0. The Balaban J connectivity index is 1.83. The predicted molar refractivity (Wildman–Crippen MR) is 67.1 cm³/mol. The van der Waals surface area contributed by atoms with E-state index in [1.165, 1.54) is 0 Å². The van der Waals surface area contributed by atoms with Gasteiger partial charge in [-0.15, -0.1) is 11.3 Å². The van der Waals surface area contributed by atoms with Crippen LogP contribution in [0, 0.1) is 5.41 Å². The number of ether oxygens (including phenoxy) is 1. The van der Waals surface area contributed by atoms with Crippen molar-refractivity contribution < 1.29 is 9.84 Å². The minimum absolute atomic E-state index is 0.0942. The first-order chi connectivity index (χ1) is 8.24. The van der Waals surface area contributed by atoms with Gasteiger partial charge >= 0.3 is 0 Å². The molecule has 1 N–H and O–H groups in total. The molecule has 2 aliphatic rings. The topological polar surface area (TPSA) is 42.4 Å². The molecule has 1 unspecified atom stereocenters. The molecule has 1 saturated carbocycles. The van der Waals surface area contributed by atoms with E-state index in [0.717, 1.165) is 56.7 Å². The lowest BCUT2D eigenvalue weighted by molar-refractivity contribution is -0.113. The summed E-state index contributed by atoms with van der Waals surface area (Å²) in [6, 6.07) is 0. The molecule has 3 rings (SSSR count). The highest BCUT2D eigenvalue weighted by molar-refractivity contribution is 7.09. The number of rotatable bonds is 2. The van der Waals surface area contributed by atoms with E-state index >= 15 is 0 Å². The van der Waals surface area contributed by atoms with E-state index in [0.29, 0.717) is 0 Å². The van der Waals surface area contributed by atoms with Crippen LogP contribution in [0.3, 0.4) is 0 Å². The Morgan fingerprint density at radius 2 is 2.12 bits per heavy atom. The number of nitrogens with zero attached hydrogens (tertiary/aromatic N) is 1. The third-order valence-corrected chi connectivity index (χ3v) is 5.39. The van der Waals surface area contributed by atoms with Crippen LogP contribution in [0.1, 0.15) is 37.1 Å². The van der Waals surface area contributed by atoms with Gasteiger partial charge in [0.25, 0.3) is 0 Å². The summed E-state index contributed by atoms with van der Waals surface area (Å²) in [5.74, 6) is 0. The molecule has 0 bridgehead atoms. The van der Waals surface area contributed by atoms with Crippen molar-refractivity contribution in [3.63, 3.8) is 0 Å². The fourth-order valence-corrected chi connectivity index (χ4v) is 4.28. The Kier molecular flexibility index (Phi) is 2.97. The minimum Gasteiger partial charge on any atom is -0.389 e.